The van der Waals surface area contributed by atoms with Crippen molar-refractivity contribution in [2.24, 2.45) is 0 Å². The third-order valence-electron chi connectivity index (χ3n) is 3.86. The van der Waals surface area contributed by atoms with E-state index in [4.69, 9.17) is 14.7 Å². The van der Waals surface area contributed by atoms with Gasteiger partial charge in [-0.3, -0.25) is 13.9 Å². The highest BCUT2D eigenvalue weighted by Crippen LogP contribution is 2.24. The molecule has 0 saturated carbocycles. The van der Waals surface area contributed by atoms with Gasteiger partial charge in [0.1, 0.15) is 11.6 Å². The SMILES string of the molecule is CCn1cc(C#N)c(=O)n(CCCCC2(C)OCCO2)c1=O. The summed E-state index contributed by atoms with van der Waals surface area (Å²) in [4.78, 5) is 24.2. The van der Waals surface area contributed by atoms with Crippen LogP contribution in [0.15, 0.2) is 15.8 Å². The van der Waals surface area contributed by atoms with Crippen molar-refractivity contribution in [1.82, 2.24) is 9.13 Å². The molecule has 0 aromatic carbocycles. The van der Waals surface area contributed by atoms with E-state index in [1.54, 1.807) is 6.92 Å². The van der Waals surface area contributed by atoms with Crippen molar-refractivity contribution < 1.29 is 9.47 Å². The molecule has 1 aliphatic heterocycles. The zero-order chi connectivity index (χ0) is 16.2. The van der Waals surface area contributed by atoms with Gasteiger partial charge in [-0.05, 0) is 26.7 Å². The largest absolute Gasteiger partial charge is 0.348 e. The van der Waals surface area contributed by atoms with Crippen molar-refractivity contribution in [2.75, 3.05) is 13.2 Å². The number of aryl methyl sites for hydroxylation is 1. The third-order valence-corrected chi connectivity index (χ3v) is 3.86. The minimum absolute atomic E-state index is 0.00382. The van der Waals surface area contributed by atoms with Gasteiger partial charge in [0.2, 0.25) is 0 Å². The fourth-order valence-electron chi connectivity index (χ4n) is 2.57. The van der Waals surface area contributed by atoms with Gasteiger partial charge < -0.3 is 9.47 Å². The summed E-state index contributed by atoms with van der Waals surface area (Å²) in [6, 6.07) is 1.85. The Kier molecular flexibility index (Phi) is 5.16. The van der Waals surface area contributed by atoms with Crippen molar-refractivity contribution in [1.29, 1.82) is 5.26 Å². The van der Waals surface area contributed by atoms with Crippen LogP contribution < -0.4 is 11.2 Å². The average molecular weight is 307 g/mol. The molecular weight excluding hydrogens is 286 g/mol. The molecule has 7 heteroatoms. The number of nitrogens with zero attached hydrogens (tertiary/aromatic N) is 3. The maximum absolute atomic E-state index is 12.2. The predicted octanol–water partition coefficient (Wildman–Crippen LogP) is 0.835. The summed E-state index contributed by atoms with van der Waals surface area (Å²) in [5, 5.41) is 8.99. The van der Waals surface area contributed by atoms with E-state index in [2.05, 4.69) is 0 Å². The predicted molar refractivity (Wildman–Crippen MR) is 79.5 cm³/mol. The van der Waals surface area contributed by atoms with Crippen LogP contribution >= 0.6 is 0 Å². The van der Waals surface area contributed by atoms with Crippen LogP contribution in [0.2, 0.25) is 0 Å². The minimum atomic E-state index is -0.552. The molecule has 1 fully saturated rings. The standard InChI is InChI=1S/C15H21N3O4/c1-3-17-11-12(10-16)13(19)18(14(17)20)7-5-4-6-15(2)21-8-9-22-15/h11H,3-9H2,1-2H3. The Morgan fingerprint density at radius 2 is 2.00 bits per heavy atom. The highest BCUT2D eigenvalue weighted by Gasteiger charge is 2.29. The Bertz CT molecular complexity index is 677. The molecule has 22 heavy (non-hydrogen) atoms. The van der Waals surface area contributed by atoms with Gasteiger partial charge in [-0.2, -0.15) is 5.26 Å². The molecule has 0 atom stereocenters. The minimum Gasteiger partial charge on any atom is -0.348 e. The zero-order valence-corrected chi connectivity index (χ0v) is 13.0. The highest BCUT2D eigenvalue weighted by molar-refractivity contribution is 5.22. The molecule has 0 aliphatic carbocycles. The van der Waals surface area contributed by atoms with Crippen LogP contribution in [0.4, 0.5) is 0 Å². The summed E-state index contributed by atoms with van der Waals surface area (Å²) < 4.78 is 13.5. The highest BCUT2D eigenvalue weighted by atomic mass is 16.7. The van der Waals surface area contributed by atoms with Crippen LogP contribution in [0.3, 0.4) is 0 Å². The molecule has 7 nitrogen and oxygen atoms in total. The van der Waals surface area contributed by atoms with E-state index in [1.165, 1.54) is 10.8 Å². The maximum Gasteiger partial charge on any atom is 0.331 e. The average Bonchev–Trinajstić information content (AvgIpc) is 2.93. The van der Waals surface area contributed by atoms with E-state index in [0.29, 0.717) is 39.1 Å². The van der Waals surface area contributed by atoms with E-state index in [1.807, 2.05) is 13.0 Å². The van der Waals surface area contributed by atoms with Crippen LogP contribution in [0.1, 0.15) is 38.7 Å². The van der Waals surface area contributed by atoms with Gasteiger partial charge >= 0.3 is 5.69 Å². The number of nitriles is 1. The van der Waals surface area contributed by atoms with Gasteiger partial charge in [0, 0.05) is 25.7 Å². The first-order valence-corrected chi connectivity index (χ1v) is 7.53. The molecule has 2 rings (SSSR count). The number of ether oxygens (including phenoxy) is 2. The monoisotopic (exact) mass is 307 g/mol. The molecule has 1 saturated heterocycles. The van der Waals surface area contributed by atoms with E-state index < -0.39 is 11.3 Å². The topological polar surface area (TPSA) is 86.2 Å². The lowest BCUT2D eigenvalue weighted by molar-refractivity contribution is -0.147. The molecule has 0 bridgehead atoms. The Morgan fingerprint density at radius 1 is 1.32 bits per heavy atom. The number of unbranched alkanes of at least 4 members (excludes halogenated alkanes) is 1. The van der Waals surface area contributed by atoms with Crippen molar-refractivity contribution >= 4 is 0 Å². The number of hydrogen-bond acceptors (Lipinski definition) is 5. The van der Waals surface area contributed by atoms with Crippen molar-refractivity contribution in [3.63, 3.8) is 0 Å². The molecule has 2 heterocycles. The molecule has 1 aromatic heterocycles. The van der Waals surface area contributed by atoms with Crippen LogP contribution in [-0.4, -0.2) is 28.1 Å². The van der Waals surface area contributed by atoms with Crippen LogP contribution in [0.5, 0.6) is 0 Å². The number of rotatable bonds is 6. The number of hydrogen-bond donors (Lipinski definition) is 0. The fourth-order valence-corrected chi connectivity index (χ4v) is 2.57. The van der Waals surface area contributed by atoms with Gasteiger partial charge in [-0.25, -0.2) is 4.79 Å². The second-order valence-electron chi connectivity index (χ2n) is 5.47. The van der Waals surface area contributed by atoms with Crippen LogP contribution in [-0.2, 0) is 22.6 Å². The Balaban J connectivity index is 2.05. The quantitative estimate of drug-likeness (QED) is 0.727. The normalized spacial score (nSPS) is 16.6. The second-order valence-corrected chi connectivity index (χ2v) is 5.47. The van der Waals surface area contributed by atoms with E-state index in [-0.39, 0.29) is 11.3 Å². The molecule has 0 amide bonds. The Labute approximate surface area is 128 Å². The zero-order valence-electron chi connectivity index (χ0n) is 13.0. The van der Waals surface area contributed by atoms with Crippen molar-refractivity contribution in [3.8, 4) is 6.07 Å². The van der Waals surface area contributed by atoms with Gasteiger partial charge in [0.25, 0.3) is 5.56 Å². The number of aromatic nitrogens is 2. The van der Waals surface area contributed by atoms with Gasteiger partial charge in [-0.1, -0.05) is 0 Å². The summed E-state index contributed by atoms with van der Waals surface area (Å²) >= 11 is 0. The Morgan fingerprint density at radius 3 is 2.59 bits per heavy atom. The lowest BCUT2D eigenvalue weighted by atomic mass is 10.1. The van der Waals surface area contributed by atoms with E-state index >= 15 is 0 Å². The molecule has 1 aliphatic rings. The van der Waals surface area contributed by atoms with E-state index in [9.17, 15) is 9.59 Å². The second kappa shape index (κ2) is 6.90. The van der Waals surface area contributed by atoms with Crippen molar-refractivity contribution in [2.45, 2.75) is 52.0 Å². The van der Waals surface area contributed by atoms with Crippen LogP contribution in [0.25, 0.3) is 0 Å². The first kappa shape index (κ1) is 16.5. The molecular formula is C15H21N3O4. The fraction of sp³-hybridized carbons (Fsp3) is 0.667. The molecule has 120 valence electrons. The lowest BCUT2D eigenvalue weighted by Gasteiger charge is -2.21. The van der Waals surface area contributed by atoms with Crippen LogP contribution in [0, 0.1) is 11.3 Å². The first-order valence-electron chi connectivity index (χ1n) is 7.53. The molecule has 1 aromatic rings. The summed E-state index contributed by atoms with van der Waals surface area (Å²) in [5.41, 5.74) is -0.890. The molecule has 0 spiro atoms. The van der Waals surface area contributed by atoms with Gasteiger partial charge in [-0.15, -0.1) is 0 Å². The third kappa shape index (κ3) is 3.46. The summed E-state index contributed by atoms with van der Waals surface area (Å²) in [6.07, 6.45) is 3.45. The van der Waals surface area contributed by atoms with E-state index in [0.717, 1.165) is 11.0 Å². The maximum atomic E-state index is 12.2. The summed E-state index contributed by atoms with van der Waals surface area (Å²) in [6.45, 7) is 5.61. The molecule has 0 radical (unpaired) electrons. The van der Waals surface area contributed by atoms with Gasteiger partial charge in [0.05, 0.1) is 13.2 Å². The smallest absolute Gasteiger partial charge is 0.331 e. The summed E-state index contributed by atoms with van der Waals surface area (Å²) in [5.74, 6) is -0.552. The molecule has 0 unspecified atom stereocenters. The first-order chi connectivity index (χ1) is 10.5. The lowest BCUT2D eigenvalue weighted by Crippen LogP contribution is -2.40. The molecule has 0 N–H and O–H groups in total. The van der Waals surface area contributed by atoms with Crippen molar-refractivity contribution in [3.05, 3.63) is 32.6 Å². The van der Waals surface area contributed by atoms with Gasteiger partial charge in [0.15, 0.2) is 5.79 Å². The Hall–Kier alpha value is -1.91. The summed E-state index contributed by atoms with van der Waals surface area (Å²) in [7, 11) is 0.